The van der Waals surface area contributed by atoms with Crippen LogP contribution in [0.4, 0.5) is 0 Å². The standard InChI is InChI=1S/C19H19N3O6S/c1-26-14-8-7-12(10-15(14)27-2)17(24)21-22-19(29)20-16(23)11-5-4-6-13(9-11)18(25)28-3/h4-10H,1-3H3,(H,21,24)(H2,20,22,23,29). The number of methoxy groups -OCH3 is 3. The molecule has 0 bridgehead atoms. The van der Waals surface area contributed by atoms with Gasteiger partial charge in [0.25, 0.3) is 11.8 Å². The summed E-state index contributed by atoms with van der Waals surface area (Å²) in [5.74, 6) is -0.762. The third-order valence-corrected chi connectivity index (χ3v) is 3.91. The molecule has 0 spiro atoms. The summed E-state index contributed by atoms with van der Waals surface area (Å²) in [6, 6.07) is 10.5. The third-order valence-electron chi connectivity index (χ3n) is 3.71. The molecule has 9 nitrogen and oxygen atoms in total. The van der Waals surface area contributed by atoms with Crippen LogP contribution in [-0.4, -0.2) is 44.2 Å². The lowest BCUT2D eigenvalue weighted by Gasteiger charge is -2.12. The molecule has 29 heavy (non-hydrogen) atoms. The second-order valence-electron chi connectivity index (χ2n) is 5.50. The number of hydrogen-bond acceptors (Lipinski definition) is 7. The normalized spacial score (nSPS) is 9.76. The quantitative estimate of drug-likeness (QED) is 0.380. The zero-order valence-electron chi connectivity index (χ0n) is 15.9. The van der Waals surface area contributed by atoms with E-state index in [1.54, 1.807) is 6.07 Å². The molecule has 0 heterocycles. The monoisotopic (exact) mass is 417 g/mol. The molecule has 0 saturated heterocycles. The smallest absolute Gasteiger partial charge is 0.337 e. The van der Waals surface area contributed by atoms with E-state index in [0.717, 1.165) is 0 Å². The number of hydrazine groups is 1. The first-order chi connectivity index (χ1) is 13.9. The zero-order chi connectivity index (χ0) is 21.4. The van der Waals surface area contributed by atoms with E-state index in [0.29, 0.717) is 11.5 Å². The van der Waals surface area contributed by atoms with Gasteiger partial charge < -0.3 is 14.2 Å². The summed E-state index contributed by atoms with van der Waals surface area (Å²) in [5, 5.41) is 2.27. The largest absolute Gasteiger partial charge is 0.493 e. The van der Waals surface area contributed by atoms with E-state index < -0.39 is 17.8 Å². The van der Waals surface area contributed by atoms with Gasteiger partial charge in [-0.1, -0.05) is 6.07 Å². The van der Waals surface area contributed by atoms with E-state index in [1.807, 2.05) is 0 Å². The van der Waals surface area contributed by atoms with Gasteiger partial charge in [0.15, 0.2) is 16.6 Å². The van der Waals surface area contributed by atoms with E-state index in [2.05, 4.69) is 20.9 Å². The molecule has 10 heteroatoms. The summed E-state index contributed by atoms with van der Waals surface area (Å²) in [6.45, 7) is 0. The van der Waals surface area contributed by atoms with Crippen molar-refractivity contribution in [1.29, 1.82) is 0 Å². The Morgan fingerprint density at radius 2 is 1.45 bits per heavy atom. The number of esters is 1. The molecule has 3 N–H and O–H groups in total. The molecule has 0 unspecified atom stereocenters. The van der Waals surface area contributed by atoms with E-state index in [9.17, 15) is 14.4 Å². The molecule has 152 valence electrons. The lowest BCUT2D eigenvalue weighted by Crippen LogP contribution is -2.48. The Kier molecular flexibility index (Phi) is 7.49. The van der Waals surface area contributed by atoms with Gasteiger partial charge in [-0.15, -0.1) is 0 Å². The van der Waals surface area contributed by atoms with Gasteiger partial charge in [0.2, 0.25) is 0 Å². The Morgan fingerprint density at radius 3 is 2.10 bits per heavy atom. The minimum absolute atomic E-state index is 0.132. The molecule has 2 amide bonds. The predicted molar refractivity (Wildman–Crippen MR) is 108 cm³/mol. The average Bonchev–Trinajstić information content (AvgIpc) is 2.76. The Labute approximate surface area is 172 Å². The van der Waals surface area contributed by atoms with Crippen molar-refractivity contribution in [1.82, 2.24) is 16.2 Å². The minimum Gasteiger partial charge on any atom is -0.493 e. The van der Waals surface area contributed by atoms with Gasteiger partial charge in [-0.3, -0.25) is 25.8 Å². The van der Waals surface area contributed by atoms with E-state index in [-0.39, 0.29) is 21.8 Å². The number of carbonyl (C=O) groups is 3. The molecule has 2 aromatic carbocycles. The van der Waals surface area contributed by atoms with Crippen molar-refractivity contribution in [2.75, 3.05) is 21.3 Å². The number of carbonyl (C=O) groups excluding carboxylic acids is 3. The number of rotatable bonds is 5. The predicted octanol–water partition coefficient (Wildman–Crippen LogP) is 1.44. The summed E-state index contributed by atoms with van der Waals surface area (Å²) in [7, 11) is 4.19. The molecule has 0 aromatic heterocycles. The molecule has 0 radical (unpaired) electrons. The van der Waals surface area contributed by atoms with Crippen LogP contribution < -0.4 is 25.6 Å². The maximum absolute atomic E-state index is 12.3. The van der Waals surface area contributed by atoms with Gasteiger partial charge in [0.05, 0.1) is 26.9 Å². The van der Waals surface area contributed by atoms with Crippen molar-refractivity contribution in [3.05, 3.63) is 59.2 Å². The highest BCUT2D eigenvalue weighted by Crippen LogP contribution is 2.27. The number of amides is 2. The molecule has 0 saturated carbocycles. The lowest BCUT2D eigenvalue weighted by molar-refractivity contribution is 0.0600. The van der Waals surface area contributed by atoms with Crippen LogP contribution in [0.2, 0.25) is 0 Å². The molecule has 0 atom stereocenters. The van der Waals surface area contributed by atoms with E-state index in [4.69, 9.17) is 21.7 Å². The highest BCUT2D eigenvalue weighted by molar-refractivity contribution is 7.80. The maximum atomic E-state index is 12.3. The highest BCUT2D eigenvalue weighted by Gasteiger charge is 2.14. The minimum atomic E-state index is -0.567. The average molecular weight is 417 g/mol. The first kappa shape index (κ1) is 21.6. The third kappa shape index (κ3) is 5.66. The lowest BCUT2D eigenvalue weighted by atomic mass is 10.1. The van der Waals surface area contributed by atoms with E-state index in [1.165, 1.54) is 57.7 Å². The molecule has 2 rings (SSSR count). The highest BCUT2D eigenvalue weighted by atomic mass is 32.1. The van der Waals surface area contributed by atoms with Gasteiger partial charge in [-0.05, 0) is 48.6 Å². The number of ether oxygens (including phenoxy) is 3. The molecule has 0 aliphatic heterocycles. The van der Waals surface area contributed by atoms with Gasteiger partial charge in [0.1, 0.15) is 0 Å². The Bertz CT molecular complexity index is 947. The molecule has 0 aliphatic rings. The Morgan fingerprint density at radius 1 is 0.793 bits per heavy atom. The molecular weight excluding hydrogens is 398 g/mol. The second kappa shape index (κ2) is 10.0. The van der Waals surface area contributed by atoms with Crippen LogP contribution >= 0.6 is 12.2 Å². The van der Waals surface area contributed by atoms with Crippen molar-refractivity contribution >= 4 is 35.1 Å². The fourth-order valence-corrected chi connectivity index (χ4v) is 2.42. The molecule has 0 fully saturated rings. The van der Waals surface area contributed by atoms with Crippen LogP contribution in [0.3, 0.4) is 0 Å². The van der Waals surface area contributed by atoms with Crippen LogP contribution in [0, 0.1) is 0 Å². The summed E-state index contributed by atoms with van der Waals surface area (Å²) in [5.41, 5.74) is 5.51. The van der Waals surface area contributed by atoms with E-state index >= 15 is 0 Å². The van der Waals surface area contributed by atoms with Gasteiger partial charge in [0, 0.05) is 11.1 Å². The molecule has 0 aliphatic carbocycles. The van der Waals surface area contributed by atoms with Crippen LogP contribution in [-0.2, 0) is 4.74 Å². The summed E-state index contributed by atoms with van der Waals surface area (Å²) >= 11 is 5.00. The first-order valence-corrected chi connectivity index (χ1v) is 8.62. The fourth-order valence-electron chi connectivity index (χ4n) is 2.27. The van der Waals surface area contributed by atoms with Gasteiger partial charge in [-0.2, -0.15) is 0 Å². The van der Waals surface area contributed by atoms with Crippen LogP contribution in [0.5, 0.6) is 11.5 Å². The number of thiocarbonyl (C=S) groups is 1. The van der Waals surface area contributed by atoms with Crippen molar-refractivity contribution in [3.63, 3.8) is 0 Å². The fraction of sp³-hybridized carbons (Fsp3) is 0.158. The van der Waals surface area contributed by atoms with Crippen molar-refractivity contribution in [2.24, 2.45) is 0 Å². The SMILES string of the molecule is COC(=O)c1cccc(C(=O)NC(=S)NNC(=O)c2ccc(OC)c(OC)c2)c1. The number of benzene rings is 2. The second-order valence-corrected chi connectivity index (χ2v) is 5.91. The van der Waals surface area contributed by atoms with Crippen molar-refractivity contribution < 1.29 is 28.6 Å². The summed E-state index contributed by atoms with van der Waals surface area (Å²) < 4.78 is 14.9. The number of nitrogens with one attached hydrogen (secondary N) is 3. The number of hydrogen-bond donors (Lipinski definition) is 3. The van der Waals surface area contributed by atoms with Crippen LogP contribution in [0.1, 0.15) is 31.1 Å². The Hall–Kier alpha value is -3.66. The van der Waals surface area contributed by atoms with Crippen LogP contribution in [0.25, 0.3) is 0 Å². The summed E-state index contributed by atoms with van der Waals surface area (Å²) in [6.07, 6.45) is 0. The van der Waals surface area contributed by atoms with Crippen molar-refractivity contribution in [3.8, 4) is 11.5 Å². The molecule has 2 aromatic rings. The maximum Gasteiger partial charge on any atom is 0.337 e. The first-order valence-electron chi connectivity index (χ1n) is 8.21. The van der Waals surface area contributed by atoms with Crippen molar-refractivity contribution in [2.45, 2.75) is 0 Å². The van der Waals surface area contributed by atoms with Crippen LogP contribution in [0.15, 0.2) is 42.5 Å². The molecular formula is C19H19N3O6S. The van der Waals surface area contributed by atoms with Gasteiger partial charge >= 0.3 is 5.97 Å². The van der Waals surface area contributed by atoms with Gasteiger partial charge in [-0.25, -0.2) is 4.79 Å². The Balaban J connectivity index is 1.95. The topological polar surface area (TPSA) is 115 Å². The zero-order valence-corrected chi connectivity index (χ0v) is 16.7. The summed E-state index contributed by atoms with van der Waals surface area (Å²) in [4.78, 5) is 36.0.